The second-order valence-electron chi connectivity index (χ2n) is 3.93. The number of aryl methyl sites for hydroxylation is 1. The fraction of sp³-hybridized carbons (Fsp3) is 0.417. The lowest BCUT2D eigenvalue weighted by molar-refractivity contribution is -0.117. The molecule has 0 radical (unpaired) electrons. The van der Waals surface area contributed by atoms with Gasteiger partial charge in [0, 0.05) is 17.9 Å². The first-order valence-electron chi connectivity index (χ1n) is 5.09. The van der Waals surface area contributed by atoms with Gasteiger partial charge >= 0.3 is 0 Å². The zero-order valence-electron chi connectivity index (χ0n) is 8.63. The van der Waals surface area contributed by atoms with E-state index in [1.165, 1.54) is 0 Å². The van der Waals surface area contributed by atoms with Crippen LogP contribution >= 0.6 is 11.6 Å². The maximum absolute atomic E-state index is 11.1. The third-order valence-electron chi connectivity index (χ3n) is 2.63. The molecule has 15 heavy (non-hydrogen) atoms. The fourth-order valence-corrected chi connectivity index (χ4v) is 1.88. The number of Topliss-reactive ketones (excluding diaryl/α,β-unsaturated/α-hetero) is 1. The van der Waals surface area contributed by atoms with E-state index in [0.717, 1.165) is 22.8 Å². The molecule has 1 aliphatic carbocycles. The molecule has 0 aliphatic heterocycles. The molecule has 1 aromatic rings. The monoisotopic (exact) mass is 224 g/mol. The first-order chi connectivity index (χ1) is 7.15. The minimum atomic E-state index is 0.0538. The van der Waals surface area contributed by atoms with Gasteiger partial charge in [0.1, 0.15) is 17.6 Å². The van der Waals surface area contributed by atoms with Crippen LogP contribution in [0.5, 0.6) is 5.75 Å². The number of rotatable bonds is 2. The van der Waals surface area contributed by atoms with Crippen molar-refractivity contribution in [2.75, 3.05) is 0 Å². The average Bonchev–Trinajstić information content (AvgIpc) is 2.58. The van der Waals surface area contributed by atoms with Gasteiger partial charge in [-0.1, -0.05) is 11.6 Å². The average molecular weight is 225 g/mol. The lowest BCUT2D eigenvalue weighted by Crippen LogP contribution is -2.12. The van der Waals surface area contributed by atoms with Crippen LogP contribution in [0.3, 0.4) is 0 Å². The van der Waals surface area contributed by atoms with Gasteiger partial charge < -0.3 is 4.74 Å². The number of hydrogen-bond acceptors (Lipinski definition) is 2. The minimum absolute atomic E-state index is 0.0538. The molecule has 0 heterocycles. The van der Waals surface area contributed by atoms with Gasteiger partial charge in [-0.3, -0.25) is 4.79 Å². The Kier molecular flexibility index (Phi) is 2.96. The second-order valence-corrected chi connectivity index (χ2v) is 4.34. The highest BCUT2D eigenvalue weighted by atomic mass is 35.5. The first kappa shape index (κ1) is 10.5. The summed E-state index contributed by atoms with van der Waals surface area (Å²) < 4.78 is 5.70. The van der Waals surface area contributed by atoms with E-state index >= 15 is 0 Å². The third-order valence-corrected chi connectivity index (χ3v) is 3.06. The van der Waals surface area contributed by atoms with Crippen molar-refractivity contribution in [3.63, 3.8) is 0 Å². The molecule has 1 aliphatic rings. The molecule has 1 aromatic carbocycles. The van der Waals surface area contributed by atoms with Gasteiger partial charge in [0.15, 0.2) is 0 Å². The lowest BCUT2D eigenvalue weighted by Gasteiger charge is -2.12. The third kappa shape index (κ3) is 2.51. The molecule has 1 saturated carbocycles. The van der Waals surface area contributed by atoms with E-state index in [-0.39, 0.29) is 6.10 Å². The van der Waals surface area contributed by atoms with Crippen molar-refractivity contribution >= 4 is 17.4 Å². The number of carbonyl (C=O) groups excluding carboxylic acids is 1. The predicted molar refractivity (Wildman–Crippen MR) is 59.5 cm³/mol. The van der Waals surface area contributed by atoms with Crippen LogP contribution in [0.1, 0.15) is 24.8 Å². The number of hydrogen-bond donors (Lipinski definition) is 0. The number of carbonyl (C=O) groups is 1. The Balaban J connectivity index is 2.05. The Hall–Kier alpha value is -1.02. The summed E-state index contributed by atoms with van der Waals surface area (Å²) in [5.74, 6) is 1.10. The SMILES string of the molecule is Cc1cc(OC2CCC(=O)C2)ccc1Cl. The smallest absolute Gasteiger partial charge is 0.136 e. The molecule has 0 saturated heterocycles. The van der Waals surface area contributed by atoms with Crippen molar-refractivity contribution in [3.05, 3.63) is 28.8 Å². The second kappa shape index (κ2) is 4.23. The van der Waals surface area contributed by atoms with Crippen LogP contribution in [-0.4, -0.2) is 11.9 Å². The van der Waals surface area contributed by atoms with E-state index in [2.05, 4.69) is 0 Å². The molecular weight excluding hydrogens is 212 g/mol. The summed E-state index contributed by atoms with van der Waals surface area (Å²) >= 11 is 5.91. The number of ether oxygens (including phenoxy) is 1. The summed E-state index contributed by atoms with van der Waals surface area (Å²) in [6, 6.07) is 5.58. The van der Waals surface area contributed by atoms with Crippen molar-refractivity contribution < 1.29 is 9.53 Å². The standard InChI is InChI=1S/C12H13ClO2/c1-8-6-10(4-5-12(8)13)15-11-3-2-9(14)7-11/h4-6,11H,2-3,7H2,1H3. The highest BCUT2D eigenvalue weighted by Gasteiger charge is 2.23. The molecule has 1 atom stereocenters. The summed E-state index contributed by atoms with van der Waals surface area (Å²) in [5, 5.41) is 0.741. The minimum Gasteiger partial charge on any atom is -0.490 e. The van der Waals surface area contributed by atoms with Gasteiger partial charge in [-0.05, 0) is 37.1 Å². The summed E-state index contributed by atoms with van der Waals surface area (Å²) in [6.45, 7) is 1.94. The van der Waals surface area contributed by atoms with Crippen molar-refractivity contribution in [1.29, 1.82) is 0 Å². The maximum Gasteiger partial charge on any atom is 0.136 e. The van der Waals surface area contributed by atoms with E-state index < -0.39 is 0 Å². The summed E-state index contributed by atoms with van der Waals surface area (Å²) in [4.78, 5) is 11.1. The molecule has 3 heteroatoms. The van der Waals surface area contributed by atoms with Crippen molar-refractivity contribution in [2.24, 2.45) is 0 Å². The largest absolute Gasteiger partial charge is 0.490 e. The van der Waals surface area contributed by atoms with Crippen LogP contribution < -0.4 is 4.74 Å². The molecule has 0 aromatic heterocycles. The Morgan fingerprint density at radius 3 is 2.87 bits per heavy atom. The zero-order chi connectivity index (χ0) is 10.8. The molecule has 0 N–H and O–H groups in total. The van der Waals surface area contributed by atoms with Crippen molar-refractivity contribution in [3.8, 4) is 5.75 Å². The highest BCUT2D eigenvalue weighted by molar-refractivity contribution is 6.31. The van der Waals surface area contributed by atoms with Crippen LogP contribution in [0.25, 0.3) is 0 Å². The molecule has 1 unspecified atom stereocenters. The Bertz CT molecular complexity index is 387. The number of halogens is 1. The van der Waals surface area contributed by atoms with Crippen LogP contribution in [0.15, 0.2) is 18.2 Å². The Labute approximate surface area is 94.2 Å². The summed E-state index contributed by atoms with van der Waals surface area (Å²) in [7, 11) is 0. The maximum atomic E-state index is 11.1. The van der Waals surface area contributed by atoms with Gasteiger partial charge in [0.25, 0.3) is 0 Å². The van der Waals surface area contributed by atoms with Crippen LogP contribution in [0.2, 0.25) is 5.02 Å². The number of ketones is 1. The molecule has 0 amide bonds. The van der Waals surface area contributed by atoms with Crippen molar-refractivity contribution in [2.45, 2.75) is 32.3 Å². The Morgan fingerprint density at radius 1 is 1.47 bits per heavy atom. The van der Waals surface area contributed by atoms with E-state index in [1.807, 2.05) is 25.1 Å². The lowest BCUT2D eigenvalue weighted by atomic mass is 10.2. The molecule has 0 spiro atoms. The summed E-state index contributed by atoms with van der Waals surface area (Å²) in [5.41, 5.74) is 0.999. The number of benzene rings is 1. The van der Waals surface area contributed by atoms with Gasteiger partial charge in [0.2, 0.25) is 0 Å². The van der Waals surface area contributed by atoms with Crippen LogP contribution in [-0.2, 0) is 4.79 Å². The van der Waals surface area contributed by atoms with Gasteiger partial charge in [-0.25, -0.2) is 0 Å². The molecule has 80 valence electrons. The van der Waals surface area contributed by atoms with Crippen LogP contribution in [0, 0.1) is 6.92 Å². The molecule has 1 fully saturated rings. The van der Waals surface area contributed by atoms with Gasteiger partial charge in [0.05, 0.1) is 0 Å². The zero-order valence-corrected chi connectivity index (χ0v) is 9.38. The fourth-order valence-electron chi connectivity index (χ4n) is 1.76. The van der Waals surface area contributed by atoms with Crippen molar-refractivity contribution in [1.82, 2.24) is 0 Å². The highest BCUT2D eigenvalue weighted by Crippen LogP contribution is 2.25. The van der Waals surface area contributed by atoms with Crippen LogP contribution in [0.4, 0.5) is 0 Å². The van der Waals surface area contributed by atoms with E-state index in [0.29, 0.717) is 18.6 Å². The van der Waals surface area contributed by atoms with E-state index in [9.17, 15) is 4.79 Å². The van der Waals surface area contributed by atoms with E-state index in [4.69, 9.17) is 16.3 Å². The predicted octanol–water partition coefficient (Wildman–Crippen LogP) is 3.15. The Morgan fingerprint density at radius 2 is 2.27 bits per heavy atom. The van der Waals surface area contributed by atoms with Gasteiger partial charge in [-0.15, -0.1) is 0 Å². The summed E-state index contributed by atoms with van der Waals surface area (Å²) in [6.07, 6.45) is 2.08. The molecule has 2 nitrogen and oxygen atoms in total. The molecular formula is C12H13ClO2. The van der Waals surface area contributed by atoms with E-state index in [1.54, 1.807) is 0 Å². The normalized spacial score (nSPS) is 20.7. The quantitative estimate of drug-likeness (QED) is 0.772. The molecule has 0 bridgehead atoms. The topological polar surface area (TPSA) is 26.3 Å². The van der Waals surface area contributed by atoms with Gasteiger partial charge in [-0.2, -0.15) is 0 Å². The molecule has 2 rings (SSSR count). The first-order valence-corrected chi connectivity index (χ1v) is 5.47.